The van der Waals surface area contributed by atoms with Crippen LogP contribution in [0.1, 0.15) is 37.4 Å². The van der Waals surface area contributed by atoms with Crippen molar-refractivity contribution < 1.29 is 9.47 Å². The summed E-state index contributed by atoms with van der Waals surface area (Å²) < 4.78 is 11.7. The summed E-state index contributed by atoms with van der Waals surface area (Å²) in [5.41, 5.74) is 1.26. The van der Waals surface area contributed by atoms with Crippen LogP contribution in [0.15, 0.2) is 30.3 Å². The van der Waals surface area contributed by atoms with Gasteiger partial charge in [-0.3, -0.25) is 0 Å². The van der Waals surface area contributed by atoms with Gasteiger partial charge in [0.05, 0.1) is 18.8 Å². The summed E-state index contributed by atoms with van der Waals surface area (Å²) in [7, 11) is 0. The summed E-state index contributed by atoms with van der Waals surface area (Å²) in [5.74, 6) is 0. The van der Waals surface area contributed by atoms with Gasteiger partial charge in [0.1, 0.15) is 0 Å². The zero-order valence-electron chi connectivity index (χ0n) is 11.4. The third kappa shape index (κ3) is 4.03. The second-order valence-electron chi connectivity index (χ2n) is 5.55. The fourth-order valence-corrected chi connectivity index (χ4v) is 2.50. The Morgan fingerprint density at radius 2 is 2.05 bits per heavy atom. The van der Waals surface area contributed by atoms with E-state index in [-0.39, 0.29) is 6.10 Å². The molecule has 3 nitrogen and oxygen atoms in total. The average molecular weight is 261 g/mol. The first-order chi connectivity index (χ1) is 9.42. The van der Waals surface area contributed by atoms with Crippen LogP contribution in [0.25, 0.3) is 0 Å². The third-order valence-corrected chi connectivity index (χ3v) is 3.85. The molecular formula is C16H23NO2. The molecule has 1 aliphatic carbocycles. The van der Waals surface area contributed by atoms with Crippen molar-refractivity contribution in [3.8, 4) is 0 Å². The lowest BCUT2D eigenvalue weighted by Crippen LogP contribution is -2.27. The Labute approximate surface area is 115 Å². The smallest absolute Gasteiger partial charge is 0.0950 e. The van der Waals surface area contributed by atoms with Crippen LogP contribution in [-0.2, 0) is 9.47 Å². The Hall–Kier alpha value is -0.900. The van der Waals surface area contributed by atoms with Crippen molar-refractivity contribution in [3.05, 3.63) is 35.9 Å². The minimum Gasteiger partial charge on any atom is -0.376 e. The molecule has 0 bridgehead atoms. The van der Waals surface area contributed by atoms with E-state index in [0.29, 0.717) is 12.7 Å². The molecule has 0 spiro atoms. The van der Waals surface area contributed by atoms with Crippen LogP contribution >= 0.6 is 0 Å². The van der Waals surface area contributed by atoms with Crippen LogP contribution in [0, 0.1) is 0 Å². The van der Waals surface area contributed by atoms with Gasteiger partial charge in [0, 0.05) is 19.2 Å². The quantitative estimate of drug-likeness (QED) is 0.818. The van der Waals surface area contributed by atoms with E-state index in [1.54, 1.807) is 0 Å². The highest BCUT2D eigenvalue weighted by Gasteiger charge is 2.24. The molecule has 1 aromatic rings. The lowest BCUT2D eigenvalue weighted by Gasteiger charge is -2.21. The first kappa shape index (κ1) is 13.1. The summed E-state index contributed by atoms with van der Waals surface area (Å²) in [4.78, 5) is 0. The zero-order valence-corrected chi connectivity index (χ0v) is 11.4. The number of hydrogen-bond donors (Lipinski definition) is 1. The lowest BCUT2D eigenvalue weighted by atomic mass is 10.1. The van der Waals surface area contributed by atoms with Crippen molar-refractivity contribution in [3.63, 3.8) is 0 Å². The summed E-state index contributed by atoms with van der Waals surface area (Å²) in [6.07, 6.45) is 5.38. The van der Waals surface area contributed by atoms with E-state index < -0.39 is 0 Å². The van der Waals surface area contributed by atoms with Crippen molar-refractivity contribution >= 4 is 0 Å². The van der Waals surface area contributed by atoms with Gasteiger partial charge in [-0.1, -0.05) is 30.3 Å². The SMILES string of the molecule is c1ccc(C(CNC2CC2)OCC2CCCO2)cc1. The minimum absolute atomic E-state index is 0.144. The largest absolute Gasteiger partial charge is 0.376 e. The number of ether oxygens (including phenoxy) is 2. The van der Waals surface area contributed by atoms with Gasteiger partial charge >= 0.3 is 0 Å². The molecule has 19 heavy (non-hydrogen) atoms. The van der Waals surface area contributed by atoms with Gasteiger partial charge in [-0.25, -0.2) is 0 Å². The molecule has 2 fully saturated rings. The maximum Gasteiger partial charge on any atom is 0.0950 e. The first-order valence-electron chi connectivity index (χ1n) is 7.43. The highest BCUT2D eigenvalue weighted by molar-refractivity contribution is 5.18. The Morgan fingerprint density at radius 3 is 2.74 bits per heavy atom. The molecule has 2 unspecified atom stereocenters. The second kappa shape index (κ2) is 6.51. The van der Waals surface area contributed by atoms with Crippen LogP contribution in [0.2, 0.25) is 0 Å². The molecule has 1 N–H and O–H groups in total. The molecule has 104 valence electrons. The highest BCUT2D eigenvalue weighted by atomic mass is 16.5. The number of hydrogen-bond acceptors (Lipinski definition) is 3. The van der Waals surface area contributed by atoms with E-state index >= 15 is 0 Å². The van der Waals surface area contributed by atoms with Crippen LogP contribution in [-0.4, -0.2) is 31.9 Å². The lowest BCUT2D eigenvalue weighted by molar-refractivity contribution is -0.0210. The van der Waals surface area contributed by atoms with Gasteiger partial charge in [-0.2, -0.15) is 0 Å². The number of benzene rings is 1. The third-order valence-electron chi connectivity index (χ3n) is 3.85. The first-order valence-corrected chi connectivity index (χ1v) is 7.43. The second-order valence-corrected chi connectivity index (χ2v) is 5.55. The molecule has 1 aromatic carbocycles. The van der Waals surface area contributed by atoms with Gasteiger partial charge in [0.25, 0.3) is 0 Å². The predicted octanol–water partition coefficient (Wildman–Crippen LogP) is 2.68. The van der Waals surface area contributed by atoms with E-state index in [1.807, 2.05) is 0 Å². The molecule has 0 aromatic heterocycles. The highest BCUT2D eigenvalue weighted by Crippen LogP contribution is 2.23. The van der Waals surface area contributed by atoms with Crippen molar-refractivity contribution in [2.45, 2.75) is 43.9 Å². The van der Waals surface area contributed by atoms with Crippen LogP contribution < -0.4 is 5.32 Å². The Morgan fingerprint density at radius 1 is 1.21 bits per heavy atom. The van der Waals surface area contributed by atoms with E-state index in [0.717, 1.165) is 25.6 Å². The molecule has 3 rings (SSSR count). The topological polar surface area (TPSA) is 30.5 Å². The maximum absolute atomic E-state index is 6.10. The number of nitrogens with one attached hydrogen (secondary N) is 1. The fourth-order valence-electron chi connectivity index (χ4n) is 2.50. The van der Waals surface area contributed by atoms with E-state index in [2.05, 4.69) is 35.6 Å². The van der Waals surface area contributed by atoms with Crippen LogP contribution in [0.4, 0.5) is 0 Å². The van der Waals surface area contributed by atoms with E-state index in [4.69, 9.17) is 9.47 Å². The fraction of sp³-hybridized carbons (Fsp3) is 0.625. The summed E-state index contributed by atoms with van der Waals surface area (Å²) in [5, 5.41) is 3.56. The summed E-state index contributed by atoms with van der Waals surface area (Å²) >= 11 is 0. The molecule has 2 atom stereocenters. The average Bonchev–Trinajstić information content (AvgIpc) is 3.14. The van der Waals surface area contributed by atoms with Crippen LogP contribution in [0.5, 0.6) is 0 Å². The summed E-state index contributed by atoms with van der Waals surface area (Å²) in [6.45, 7) is 2.51. The van der Waals surface area contributed by atoms with E-state index in [9.17, 15) is 0 Å². The van der Waals surface area contributed by atoms with Crippen LogP contribution in [0.3, 0.4) is 0 Å². The molecule has 2 aliphatic rings. The Balaban J connectivity index is 1.54. The Bertz CT molecular complexity index is 372. The van der Waals surface area contributed by atoms with Crippen molar-refractivity contribution in [2.75, 3.05) is 19.8 Å². The van der Waals surface area contributed by atoms with Gasteiger partial charge in [0.2, 0.25) is 0 Å². The predicted molar refractivity (Wildman–Crippen MR) is 75.1 cm³/mol. The number of rotatable bonds is 7. The standard InChI is InChI=1S/C16H23NO2/c1-2-5-13(6-3-1)16(11-17-14-8-9-14)19-12-15-7-4-10-18-15/h1-3,5-6,14-17H,4,7-12H2. The van der Waals surface area contributed by atoms with Crippen molar-refractivity contribution in [1.82, 2.24) is 5.32 Å². The molecule has 1 saturated heterocycles. The minimum atomic E-state index is 0.144. The molecule has 3 heteroatoms. The normalized spacial score (nSPS) is 24.5. The van der Waals surface area contributed by atoms with E-state index in [1.165, 1.54) is 24.8 Å². The van der Waals surface area contributed by atoms with Gasteiger partial charge in [0.15, 0.2) is 0 Å². The molecule has 1 heterocycles. The monoisotopic (exact) mass is 261 g/mol. The van der Waals surface area contributed by atoms with Gasteiger partial charge in [-0.05, 0) is 31.2 Å². The zero-order chi connectivity index (χ0) is 12.9. The molecule has 1 saturated carbocycles. The van der Waals surface area contributed by atoms with Crippen molar-refractivity contribution in [1.29, 1.82) is 0 Å². The van der Waals surface area contributed by atoms with Gasteiger partial charge < -0.3 is 14.8 Å². The summed E-state index contributed by atoms with van der Waals surface area (Å²) in [6, 6.07) is 11.2. The molecular weight excluding hydrogens is 238 g/mol. The molecule has 0 radical (unpaired) electrons. The molecule has 0 amide bonds. The Kier molecular flexibility index (Phi) is 4.49. The van der Waals surface area contributed by atoms with Gasteiger partial charge in [-0.15, -0.1) is 0 Å². The maximum atomic E-state index is 6.10. The van der Waals surface area contributed by atoms with Crippen molar-refractivity contribution in [2.24, 2.45) is 0 Å². The molecule has 1 aliphatic heterocycles.